The van der Waals surface area contributed by atoms with Crippen molar-refractivity contribution in [2.24, 2.45) is 0 Å². The number of ether oxygens (including phenoxy) is 2. The van der Waals surface area contributed by atoms with Gasteiger partial charge in [-0.25, -0.2) is 0 Å². The zero-order valence-electron chi connectivity index (χ0n) is 18.1. The van der Waals surface area contributed by atoms with Crippen LogP contribution in [0.15, 0.2) is 53.7 Å². The number of anilines is 1. The van der Waals surface area contributed by atoms with Crippen LogP contribution >= 0.6 is 11.8 Å². The number of carbonyl (C=O) groups is 1. The second-order valence-corrected chi connectivity index (χ2v) is 8.94. The Labute approximate surface area is 191 Å². The third-order valence-corrected chi connectivity index (χ3v) is 6.94. The number of benzene rings is 2. The van der Waals surface area contributed by atoms with Crippen LogP contribution < -0.4 is 9.64 Å². The number of amides is 1. The number of para-hydroxylation sites is 1. The van der Waals surface area contributed by atoms with E-state index in [2.05, 4.69) is 20.8 Å². The highest BCUT2D eigenvalue weighted by Gasteiger charge is 2.26. The molecule has 5 rings (SSSR count). The number of hydrogen-bond donors (Lipinski definition) is 0. The summed E-state index contributed by atoms with van der Waals surface area (Å²) in [5.74, 6) is 1.99. The van der Waals surface area contributed by atoms with Gasteiger partial charge in [0, 0.05) is 24.4 Å². The van der Waals surface area contributed by atoms with Gasteiger partial charge in [0.1, 0.15) is 5.75 Å². The molecule has 0 N–H and O–H groups in total. The monoisotopic (exact) mass is 450 g/mol. The fourth-order valence-electron chi connectivity index (χ4n) is 4.31. The average molecular weight is 451 g/mol. The molecule has 1 saturated heterocycles. The molecule has 0 aliphatic carbocycles. The third kappa shape index (κ3) is 4.25. The smallest absolute Gasteiger partial charge is 0.237 e. The molecule has 166 valence electrons. The maximum Gasteiger partial charge on any atom is 0.237 e. The molecule has 3 aromatic rings. The Hall–Kier alpha value is -2.84. The van der Waals surface area contributed by atoms with Gasteiger partial charge >= 0.3 is 0 Å². The largest absolute Gasteiger partial charge is 0.497 e. The van der Waals surface area contributed by atoms with E-state index in [0.29, 0.717) is 12.3 Å². The van der Waals surface area contributed by atoms with Gasteiger partial charge in [-0.05, 0) is 55.2 Å². The predicted octanol–water partition coefficient (Wildman–Crippen LogP) is 3.81. The van der Waals surface area contributed by atoms with Crippen molar-refractivity contribution in [3.05, 3.63) is 54.1 Å². The average Bonchev–Trinajstić information content (AvgIpc) is 3.58. The van der Waals surface area contributed by atoms with E-state index in [1.54, 1.807) is 7.11 Å². The van der Waals surface area contributed by atoms with Gasteiger partial charge in [0.05, 0.1) is 25.5 Å². The first kappa shape index (κ1) is 21.0. The Morgan fingerprint density at radius 3 is 2.81 bits per heavy atom. The molecule has 1 atom stereocenters. The molecule has 32 heavy (non-hydrogen) atoms. The molecule has 0 unspecified atom stereocenters. The lowest BCUT2D eigenvalue weighted by atomic mass is 10.2. The van der Waals surface area contributed by atoms with Gasteiger partial charge in [-0.15, -0.1) is 10.2 Å². The highest BCUT2D eigenvalue weighted by molar-refractivity contribution is 7.99. The molecule has 0 saturated carbocycles. The quantitative estimate of drug-likeness (QED) is 0.510. The molecule has 0 radical (unpaired) electrons. The lowest BCUT2D eigenvalue weighted by molar-refractivity contribution is -0.116. The van der Waals surface area contributed by atoms with Crippen molar-refractivity contribution >= 4 is 23.4 Å². The van der Waals surface area contributed by atoms with Gasteiger partial charge in [-0.2, -0.15) is 0 Å². The van der Waals surface area contributed by atoms with Crippen LogP contribution in [0.2, 0.25) is 0 Å². The van der Waals surface area contributed by atoms with Gasteiger partial charge in [-0.3, -0.25) is 9.36 Å². The molecule has 7 nitrogen and oxygen atoms in total. The normalized spacial score (nSPS) is 17.5. The second kappa shape index (κ2) is 9.34. The second-order valence-electron chi connectivity index (χ2n) is 7.99. The molecule has 2 aliphatic rings. The van der Waals surface area contributed by atoms with Crippen molar-refractivity contribution in [2.45, 2.75) is 37.1 Å². The Morgan fingerprint density at radius 2 is 2.03 bits per heavy atom. The Bertz CT molecular complexity index is 1090. The minimum Gasteiger partial charge on any atom is -0.497 e. The molecule has 1 fully saturated rings. The van der Waals surface area contributed by atoms with Crippen molar-refractivity contribution in [3.8, 4) is 17.1 Å². The predicted molar refractivity (Wildman–Crippen MR) is 124 cm³/mol. The first-order valence-corrected chi connectivity index (χ1v) is 11.9. The fraction of sp³-hybridized carbons (Fsp3) is 0.375. The number of fused-ring (bicyclic) bond motifs is 1. The zero-order chi connectivity index (χ0) is 21.9. The van der Waals surface area contributed by atoms with Crippen LogP contribution in [0.3, 0.4) is 0 Å². The van der Waals surface area contributed by atoms with Crippen molar-refractivity contribution in [1.29, 1.82) is 0 Å². The summed E-state index contributed by atoms with van der Waals surface area (Å²) in [6, 6.07) is 15.9. The lowest BCUT2D eigenvalue weighted by Gasteiger charge is -2.18. The fourth-order valence-corrected chi connectivity index (χ4v) is 5.13. The third-order valence-electron chi connectivity index (χ3n) is 5.99. The van der Waals surface area contributed by atoms with E-state index in [4.69, 9.17) is 9.47 Å². The highest BCUT2D eigenvalue weighted by atomic mass is 32.2. The summed E-state index contributed by atoms with van der Waals surface area (Å²) in [6.07, 6.45) is 3.14. The summed E-state index contributed by atoms with van der Waals surface area (Å²) < 4.78 is 13.2. The molecule has 2 aliphatic heterocycles. The van der Waals surface area contributed by atoms with Crippen LogP contribution in [0.25, 0.3) is 11.4 Å². The first-order chi connectivity index (χ1) is 15.7. The van der Waals surface area contributed by atoms with Crippen molar-refractivity contribution < 1.29 is 14.3 Å². The van der Waals surface area contributed by atoms with Gasteiger partial charge in [0.15, 0.2) is 11.0 Å². The minimum absolute atomic E-state index is 0.0950. The maximum atomic E-state index is 13.0. The molecular formula is C24H26N4O3S. The SMILES string of the molecule is COc1ccc(-c2nnc(SCC(=O)N3CCc4ccccc43)n2C[C@@H]2CCCO2)cc1. The van der Waals surface area contributed by atoms with E-state index in [9.17, 15) is 4.79 Å². The van der Waals surface area contributed by atoms with E-state index < -0.39 is 0 Å². The van der Waals surface area contributed by atoms with Gasteiger partial charge in [-0.1, -0.05) is 30.0 Å². The van der Waals surface area contributed by atoms with Crippen LogP contribution in [0.4, 0.5) is 5.69 Å². The van der Waals surface area contributed by atoms with Crippen LogP contribution in [0.5, 0.6) is 5.75 Å². The van der Waals surface area contributed by atoms with Crippen LogP contribution in [0.1, 0.15) is 18.4 Å². The summed E-state index contributed by atoms with van der Waals surface area (Å²) in [6.45, 7) is 2.20. The van der Waals surface area contributed by atoms with Crippen LogP contribution in [0, 0.1) is 0 Å². The van der Waals surface area contributed by atoms with E-state index in [0.717, 1.165) is 60.4 Å². The van der Waals surface area contributed by atoms with Gasteiger partial charge in [0.2, 0.25) is 5.91 Å². The first-order valence-electron chi connectivity index (χ1n) is 10.9. The number of methoxy groups -OCH3 is 1. The molecule has 3 heterocycles. The number of aromatic nitrogens is 3. The standard InChI is InChI=1S/C24H26N4O3S/c1-30-19-10-8-18(9-11-19)23-25-26-24(28(23)15-20-6-4-14-31-20)32-16-22(29)27-13-12-17-5-2-3-7-21(17)27/h2-3,5,7-11,20H,4,6,12-16H2,1H3/t20-/m0/s1. The summed E-state index contributed by atoms with van der Waals surface area (Å²) in [4.78, 5) is 14.9. The number of rotatable bonds is 7. The number of hydrogen-bond acceptors (Lipinski definition) is 6. The lowest BCUT2D eigenvalue weighted by Crippen LogP contribution is -2.30. The molecule has 0 bridgehead atoms. The molecule has 2 aromatic carbocycles. The Morgan fingerprint density at radius 1 is 1.19 bits per heavy atom. The van der Waals surface area contributed by atoms with E-state index in [-0.39, 0.29) is 12.0 Å². The topological polar surface area (TPSA) is 69.5 Å². The molecule has 0 spiro atoms. The molecular weight excluding hydrogens is 424 g/mol. The van der Waals surface area contributed by atoms with Gasteiger partial charge in [0.25, 0.3) is 0 Å². The number of carbonyl (C=O) groups excluding carboxylic acids is 1. The van der Waals surface area contributed by atoms with Gasteiger partial charge < -0.3 is 14.4 Å². The molecule has 8 heteroatoms. The Balaban J connectivity index is 1.35. The number of thioether (sulfide) groups is 1. The highest BCUT2D eigenvalue weighted by Crippen LogP contribution is 2.30. The van der Waals surface area contributed by atoms with Crippen molar-refractivity contribution in [3.63, 3.8) is 0 Å². The zero-order valence-corrected chi connectivity index (χ0v) is 18.9. The minimum atomic E-state index is 0.0950. The molecule has 1 amide bonds. The van der Waals surface area contributed by atoms with E-state index >= 15 is 0 Å². The molecule has 1 aromatic heterocycles. The summed E-state index contributed by atoms with van der Waals surface area (Å²) in [7, 11) is 1.65. The van der Waals surface area contributed by atoms with E-state index in [1.807, 2.05) is 47.4 Å². The maximum absolute atomic E-state index is 13.0. The summed E-state index contributed by atoms with van der Waals surface area (Å²) >= 11 is 1.44. The van der Waals surface area contributed by atoms with Crippen molar-refractivity contribution in [1.82, 2.24) is 14.8 Å². The van der Waals surface area contributed by atoms with E-state index in [1.165, 1.54) is 17.3 Å². The number of nitrogens with zero attached hydrogens (tertiary/aromatic N) is 4. The van der Waals surface area contributed by atoms with Crippen LogP contribution in [-0.2, 0) is 22.5 Å². The van der Waals surface area contributed by atoms with Crippen molar-refractivity contribution in [2.75, 3.05) is 30.9 Å². The Kier molecular flexibility index (Phi) is 6.14. The summed E-state index contributed by atoms with van der Waals surface area (Å²) in [5.41, 5.74) is 3.22. The summed E-state index contributed by atoms with van der Waals surface area (Å²) in [5, 5.41) is 9.65. The van der Waals surface area contributed by atoms with Crippen LogP contribution in [-0.4, -0.2) is 52.8 Å².